The maximum absolute atomic E-state index is 10.8. The monoisotopic (exact) mass is 428 g/mol. The molecule has 146 valence electrons. The summed E-state index contributed by atoms with van der Waals surface area (Å²) in [6.45, 7) is 15.9. The molecule has 24 heavy (non-hydrogen) atoms. The summed E-state index contributed by atoms with van der Waals surface area (Å²) >= 11 is 4.92. The van der Waals surface area contributed by atoms with Gasteiger partial charge in [0.15, 0.2) is 0 Å². The van der Waals surface area contributed by atoms with Gasteiger partial charge in [-0.25, -0.2) is 0 Å². The molecule has 0 aromatic carbocycles. The van der Waals surface area contributed by atoms with Crippen LogP contribution in [0.1, 0.15) is 68.2 Å². The molecule has 0 radical (unpaired) electrons. The number of hydrazone groups is 1. The minimum Gasteiger partial charge on any atom is -0.466 e. The smallest absolute Gasteiger partial charge is 0.308 e. The topological polar surface area (TPSA) is 70.9 Å². The highest BCUT2D eigenvalue weighted by molar-refractivity contribution is 9.11. The molecule has 3 atom stereocenters. The van der Waals surface area contributed by atoms with E-state index in [2.05, 4.69) is 26.5 Å². The van der Waals surface area contributed by atoms with Crippen molar-refractivity contribution < 1.29 is 14.6 Å². The average molecular weight is 429 g/mol. The highest BCUT2D eigenvalue weighted by Gasteiger charge is 2.27. The van der Waals surface area contributed by atoms with Crippen molar-refractivity contribution >= 4 is 38.7 Å². The van der Waals surface area contributed by atoms with Crippen LogP contribution in [0.5, 0.6) is 0 Å². The number of halogens is 1. The second-order valence-corrected chi connectivity index (χ2v) is 8.30. The minimum absolute atomic E-state index is 0.0601. The second-order valence-electron chi connectivity index (χ2n) is 4.99. The van der Waals surface area contributed by atoms with Crippen LogP contribution in [-0.4, -0.2) is 39.5 Å². The first-order chi connectivity index (χ1) is 11.2. The number of nitrogens with zero attached hydrogens (tertiary/aromatic N) is 1. The van der Waals surface area contributed by atoms with E-state index in [1.165, 1.54) is 11.8 Å². The lowest BCUT2D eigenvalue weighted by Gasteiger charge is -2.23. The number of nitrogens with one attached hydrogen (secondary N) is 1. The van der Waals surface area contributed by atoms with Crippen LogP contribution in [0.3, 0.4) is 0 Å². The Bertz CT molecular complexity index is 338. The molecular formula is C17H37BrN2O3S. The number of carbonyl (C=O) groups excluding carboxylic acids is 1. The van der Waals surface area contributed by atoms with E-state index in [9.17, 15) is 9.90 Å². The number of thioether (sulfide) groups is 1. The van der Waals surface area contributed by atoms with E-state index in [-0.39, 0.29) is 16.0 Å². The first-order valence-electron chi connectivity index (χ1n) is 8.60. The summed E-state index contributed by atoms with van der Waals surface area (Å²) < 4.78 is 5.00. The first-order valence-corrected chi connectivity index (χ1v) is 10.4. The number of alkyl halides is 1. The number of hydrogen-bond donors (Lipinski definition) is 2. The van der Waals surface area contributed by atoms with E-state index in [0.29, 0.717) is 18.1 Å². The number of aliphatic hydroxyl groups is 1. The molecule has 0 saturated carbocycles. The minimum atomic E-state index is -0.838. The average Bonchev–Trinajstić information content (AvgIpc) is 2.56. The van der Waals surface area contributed by atoms with Crippen LogP contribution in [0.15, 0.2) is 5.10 Å². The standard InChI is InChI=1S/C8H17BrN2OS.C7H14O2.C2H6/c1-5-8(3,12)7(11-10-4)13-6(2)9;1-4-6(3)7(8)9-5-2;1-2/h6,10,12H,5H2,1-4H3;6H,4-5H2,1-3H3;1-2H3/b11-7-;;. The molecule has 0 aliphatic heterocycles. The molecule has 7 heteroatoms. The maximum atomic E-state index is 10.8. The highest BCUT2D eigenvalue weighted by atomic mass is 79.9. The Labute approximate surface area is 161 Å². The first kappa shape index (κ1) is 28.5. The number of ether oxygens (including phenoxy) is 1. The van der Waals surface area contributed by atoms with E-state index in [1.807, 2.05) is 48.5 Å². The summed E-state index contributed by atoms with van der Waals surface area (Å²) in [5, 5.41) is 14.7. The summed E-state index contributed by atoms with van der Waals surface area (Å²) in [4.78, 5) is 10.8. The van der Waals surface area contributed by atoms with Crippen molar-refractivity contribution in [1.29, 1.82) is 0 Å². The van der Waals surface area contributed by atoms with Gasteiger partial charge >= 0.3 is 5.97 Å². The molecular weight excluding hydrogens is 392 g/mol. The molecule has 0 amide bonds. The number of carbonyl (C=O) groups is 1. The van der Waals surface area contributed by atoms with Crippen molar-refractivity contribution in [1.82, 2.24) is 5.43 Å². The largest absolute Gasteiger partial charge is 0.466 e. The van der Waals surface area contributed by atoms with Crippen LogP contribution in [-0.2, 0) is 9.53 Å². The zero-order valence-electron chi connectivity index (χ0n) is 16.8. The van der Waals surface area contributed by atoms with E-state index < -0.39 is 5.60 Å². The summed E-state index contributed by atoms with van der Waals surface area (Å²) in [6, 6.07) is 0. The Kier molecular flexibility index (Phi) is 20.9. The van der Waals surface area contributed by atoms with Gasteiger partial charge in [0.05, 0.1) is 16.7 Å². The Morgan fingerprint density at radius 3 is 2.12 bits per heavy atom. The van der Waals surface area contributed by atoms with Crippen molar-refractivity contribution in [2.45, 2.75) is 78.0 Å². The number of esters is 1. The summed E-state index contributed by atoms with van der Waals surface area (Å²) in [6.07, 6.45) is 1.51. The molecule has 5 nitrogen and oxygen atoms in total. The third kappa shape index (κ3) is 15.3. The lowest BCUT2D eigenvalue weighted by molar-refractivity contribution is -0.147. The van der Waals surface area contributed by atoms with Gasteiger partial charge in [-0.2, -0.15) is 5.10 Å². The van der Waals surface area contributed by atoms with E-state index in [4.69, 9.17) is 4.74 Å². The van der Waals surface area contributed by atoms with Gasteiger partial charge in [0.25, 0.3) is 0 Å². The highest BCUT2D eigenvalue weighted by Crippen LogP contribution is 2.26. The van der Waals surface area contributed by atoms with Gasteiger partial charge < -0.3 is 15.3 Å². The zero-order chi connectivity index (χ0) is 19.8. The van der Waals surface area contributed by atoms with Crippen LogP contribution in [0, 0.1) is 5.92 Å². The molecule has 0 heterocycles. The molecule has 3 unspecified atom stereocenters. The molecule has 0 fully saturated rings. The van der Waals surface area contributed by atoms with Crippen LogP contribution in [0.25, 0.3) is 0 Å². The van der Waals surface area contributed by atoms with Gasteiger partial charge in [-0.3, -0.25) is 4.79 Å². The fourth-order valence-corrected chi connectivity index (χ4v) is 2.51. The van der Waals surface area contributed by atoms with Gasteiger partial charge in [-0.1, -0.05) is 62.3 Å². The molecule has 0 rings (SSSR count). The second kappa shape index (κ2) is 17.5. The Balaban J connectivity index is -0.000000351. The van der Waals surface area contributed by atoms with Crippen LogP contribution < -0.4 is 5.43 Å². The molecule has 0 aromatic heterocycles. The van der Waals surface area contributed by atoms with Crippen LogP contribution >= 0.6 is 27.7 Å². The summed E-state index contributed by atoms with van der Waals surface area (Å²) in [5.74, 6) is -0.0232. The molecule has 2 N–H and O–H groups in total. The lowest BCUT2D eigenvalue weighted by atomic mass is 10.1. The van der Waals surface area contributed by atoms with Gasteiger partial charge in [0, 0.05) is 7.05 Å². The molecule has 0 bridgehead atoms. The van der Waals surface area contributed by atoms with Crippen molar-refractivity contribution in [2.24, 2.45) is 11.0 Å². The van der Waals surface area contributed by atoms with Crippen molar-refractivity contribution in [3.8, 4) is 0 Å². The summed E-state index contributed by atoms with van der Waals surface area (Å²) in [5.41, 5.74) is 1.86. The predicted octanol–water partition coefficient (Wildman–Crippen LogP) is 4.78. The van der Waals surface area contributed by atoms with Gasteiger partial charge in [-0.15, -0.1) is 0 Å². The van der Waals surface area contributed by atoms with Gasteiger partial charge in [0.2, 0.25) is 0 Å². The maximum Gasteiger partial charge on any atom is 0.308 e. The molecule has 0 aliphatic rings. The fourth-order valence-electron chi connectivity index (χ4n) is 1.13. The van der Waals surface area contributed by atoms with Gasteiger partial charge in [-0.05, 0) is 33.6 Å². The third-order valence-electron chi connectivity index (χ3n) is 2.94. The normalized spacial score (nSPS) is 15.5. The van der Waals surface area contributed by atoms with Crippen LogP contribution in [0.2, 0.25) is 0 Å². The third-order valence-corrected chi connectivity index (χ3v) is 4.58. The zero-order valence-corrected chi connectivity index (χ0v) is 19.2. The molecule has 0 aliphatic carbocycles. The summed E-state index contributed by atoms with van der Waals surface area (Å²) in [7, 11) is 1.73. The van der Waals surface area contributed by atoms with Gasteiger partial charge in [0.1, 0.15) is 10.6 Å². The SMILES string of the molecule is CC.CCC(C)(O)/C(=N/NC)SC(C)Br.CCOC(=O)C(C)CC. The van der Waals surface area contributed by atoms with Crippen molar-refractivity contribution in [3.63, 3.8) is 0 Å². The molecule has 0 aromatic rings. The van der Waals surface area contributed by atoms with Crippen LogP contribution in [0.4, 0.5) is 0 Å². The number of hydrogen-bond acceptors (Lipinski definition) is 6. The van der Waals surface area contributed by atoms with Crippen molar-refractivity contribution in [2.75, 3.05) is 13.7 Å². The van der Waals surface area contributed by atoms with Crippen molar-refractivity contribution in [3.05, 3.63) is 0 Å². The Hall–Kier alpha value is -0.270. The number of rotatable bonds is 7. The van der Waals surface area contributed by atoms with E-state index in [0.717, 1.165) is 6.42 Å². The Morgan fingerprint density at radius 1 is 1.33 bits per heavy atom. The fraction of sp³-hybridized carbons (Fsp3) is 0.882. The van der Waals surface area contributed by atoms with E-state index in [1.54, 1.807) is 14.0 Å². The Morgan fingerprint density at radius 2 is 1.83 bits per heavy atom. The van der Waals surface area contributed by atoms with E-state index >= 15 is 0 Å². The quantitative estimate of drug-likeness (QED) is 0.200. The molecule has 0 saturated heterocycles. The molecule has 0 spiro atoms. The lowest BCUT2D eigenvalue weighted by Crippen LogP contribution is -2.34. The predicted molar refractivity (Wildman–Crippen MR) is 111 cm³/mol.